The molecule has 0 aliphatic carbocycles. The van der Waals surface area contributed by atoms with Crippen LogP contribution >= 0.6 is 0 Å². The number of fused-ring (bicyclic) bond motifs is 1. The topological polar surface area (TPSA) is 69.7 Å². The molecule has 0 saturated heterocycles. The van der Waals surface area contributed by atoms with E-state index in [4.69, 9.17) is 8.83 Å². The molecule has 106 valence electrons. The molecule has 0 bridgehead atoms. The molecule has 0 radical (unpaired) electrons. The average Bonchev–Trinajstić information content (AvgIpc) is 3.16. The van der Waals surface area contributed by atoms with Crippen LogP contribution in [0.15, 0.2) is 51.7 Å². The molecule has 0 aliphatic heterocycles. The minimum absolute atomic E-state index is 0.257. The Kier molecular flexibility index (Phi) is 3.31. The largest absolute Gasteiger partial charge is 0.468 e. The molecule has 2 heterocycles. The Morgan fingerprint density at radius 3 is 2.90 bits per heavy atom. The van der Waals surface area contributed by atoms with Crippen LogP contribution in [0.5, 0.6) is 0 Å². The molecule has 3 aromatic rings. The molecule has 0 amide bonds. The van der Waals surface area contributed by atoms with E-state index in [1.54, 1.807) is 12.3 Å². The Hall–Kier alpha value is -2.82. The van der Waals surface area contributed by atoms with Gasteiger partial charge in [0.2, 0.25) is 0 Å². The number of benzene rings is 1. The summed E-state index contributed by atoms with van der Waals surface area (Å²) in [4.78, 5) is 22.6. The number of carbonyl (C=O) groups excluding carboxylic acids is 2. The van der Waals surface area contributed by atoms with Crippen LogP contribution in [0.4, 0.5) is 0 Å². The van der Waals surface area contributed by atoms with E-state index in [1.165, 1.54) is 13.4 Å². The van der Waals surface area contributed by atoms with Gasteiger partial charge in [0.05, 0.1) is 19.6 Å². The number of carbonyl (C=O) groups is 2. The molecule has 5 nitrogen and oxygen atoms in total. The molecule has 0 fully saturated rings. The highest BCUT2D eigenvalue weighted by Gasteiger charge is 2.24. The Morgan fingerprint density at radius 1 is 1.29 bits per heavy atom. The van der Waals surface area contributed by atoms with Crippen LogP contribution in [0.2, 0.25) is 0 Å². The Balaban J connectivity index is 2.04. The summed E-state index contributed by atoms with van der Waals surface area (Å²) in [6.07, 6.45) is 3.63. The summed E-state index contributed by atoms with van der Waals surface area (Å²) in [6, 6.07) is 9.17. The van der Waals surface area contributed by atoms with Gasteiger partial charge in [-0.1, -0.05) is 12.1 Å². The number of ether oxygens (including phenoxy) is 1. The third-order valence-corrected chi connectivity index (χ3v) is 3.32. The Bertz CT molecular complexity index is 796. The molecular weight excluding hydrogens is 272 g/mol. The minimum atomic E-state index is -1.05. The lowest BCUT2D eigenvalue weighted by molar-refractivity contribution is -0.144. The SMILES string of the molecule is COC(=O)C(C=O)c1cc(-c2cccc3occc23)co1. The number of aldehydes is 1. The van der Waals surface area contributed by atoms with E-state index >= 15 is 0 Å². The zero-order valence-corrected chi connectivity index (χ0v) is 11.2. The van der Waals surface area contributed by atoms with Crippen molar-refractivity contribution >= 4 is 23.2 Å². The maximum atomic E-state index is 11.5. The molecule has 0 N–H and O–H groups in total. The van der Waals surface area contributed by atoms with Crippen LogP contribution < -0.4 is 0 Å². The number of methoxy groups -OCH3 is 1. The number of furan rings is 2. The number of esters is 1. The van der Waals surface area contributed by atoms with Crippen molar-refractivity contribution in [3.63, 3.8) is 0 Å². The molecule has 1 unspecified atom stereocenters. The second-order valence-electron chi connectivity index (χ2n) is 4.51. The zero-order chi connectivity index (χ0) is 14.8. The maximum absolute atomic E-state index is 11.5. The van der Waals surface area contributed by atoms with Crippen molar-refractivity contribution < 1.29 is 23.2 Å². The van der Waals surface area contributed by atoms with Gasteiger partial charge < -0.3 is 18.4 Å². The van der Waals surface area contributed by atoms with Crippen LogP contribution in [-0.4, -0.2) is 19.4 Å². The molecule has 2 aromatic heterocycles. The fourth-order valence-corrected chi connectivity index (χ4v) is 2.27. The molecule has 0 spiro atoms. The van der Waals surface area contributed by atoms with Gasteiger partial charge in [-0.05, 0) is 23.8 Å². The highest BCUT2D eigenvalue weighted by molar-refractivity contribution is 5.96. The van der Waals surface area contributed by atoms with Crippen molar-refractivity contribution in [2.75, 3.05) is 7.11 Å². The van der Waals surface area contributed by atoms with Crippen molar-refractivity contribution in [1.29, 1.82) is 0 Å². The predicted octanol–water partition coefficient (Wildman–Crippen LogP) is 3.15. The summed E-state index contributed by atoms with van der Waals surface area (Å²) in [7, 11) is 1.23. The van der Waals surface area contributed by atoms with Crippen molar-refractivity contribution in [1.82, 2.24) is 0 Å². The fourth-order valence-electron chi connectivity index (χ4n) is 2.27. The first-order valence-electron chi connectivity index (χ1n) is 6.32. The van der Waals surface area contributed by atoms with Crippen molar-refractivity contribution in [2.24, 2.45) is 0 Å². The van der Waals surface area contributed by atoms with E-state index < -0.39 is 11.9 Å². The molecule has 0 saturated carbocycles. The lowest BCUT2D eigenvalue weighted by Crippen LogP contribution is -2.14. The van der Waals surface area contributed by atoms with E-state index in [-0.39, 0.29) is 5.76 Å². The first kappa shape index (κ1) is 13.2. The summed E-state index contributed by atoms with van der Waals surface area (Å²) >= 11 is 0. The van der Waals surface area contributed by atoms with Crippen LogP contribution in [0, 0.1) is 0 Å². The summed E-state index contributed by atoms with van der Waals surface area (Å²) < 4.78 is 15.3. The van der Waals surface area contributed by atoms with E-state index in [2.05, 4.69) is 4.74 Å². The minimum Gasteiger partial charge on any atom is -0.468 e. The zero-order valence-electron chi connectivity index (χ0n) is 11.2. The van der Waals surface area contributed by atoms with Gasteiger partial charge in [0.25, 0.3) is 0 Å². The summed E-state index contributed by atoms with van der Waals surface area (Å²) in [5.74, 6) is -1.44. The molecule has 3 rings (SSSR count). The summed E-state index contributed by atoms with van der Waals surface area (Å²) in [5.41, 5.74) is 2.44. The van der Waals surface area contributed by atoms with Gasteiger partial charge in [-0.3, -0.25) is 4.79 Å². The maximum Gasteiger partial charge on any atom is 0.323 e. The third-order valence-electron chi connectivity index (χ3n) is 3.32. The molecule has 1 atom stereocenters. The first-order valence-corrected chi connectivity index (χ1v) is 6.32. The highest BCUT2D eigenvalue weighted by Crippen LogP contribution is 2.32. The lowest BCUT2D eigenvalue weighted by Gasteiger charge is -2.03. The summed E-state index contributed by atoms with van der Waals surface area (Å²) in [6.45, 7) is 0. The van der Waals surface area contributed by atoms with Gasteiger partial charge in [-0.15, -0.1) is 0 Å². The van der Waals surface area contributed by atoms with Crippen LogP contribution in [0.1, 0.15) is 11.7 Å². The molecule has 0 aliphatic rings. The van der Waals surface area contributed by atoms with E-state index in [0.717, 1.165) is 22.1 Å². The Labute approximate surface area is 120 Å². The highest BCUT2D eigenvalue weighted by atomic mass is 16.5. The number of hydrogen-bond donors (Lipinski definition) is 0. The monoisotopic (exact) mass is 284 g/mol. The van der Waals surface area contributed by atoms with Gasteiger partial charge in [-0.2, -0.15) is 0 Å². The van der Waals surface area contributed by atoms with Crippen LogP contribution in [0.3, 0.4) is 0 Å². The van der Waals surface area contributed by atoms with Crippen molar-refractivity contribution in [3.05, 3.63) is 48.6 Å². The van der Waals surface area contributed by atoms with E-state index in [9.17, 15) is 9.59 Å². The fraction of sp³-hybridized carbons (Fsp3) is 0.125. The van der Waals surface area contributed by atoms with Crippen LogP contribution in [-0.2, 0) is 14.3 Å². The van der Waals surface area contributed by atoms with Crippen molar-refractivity contribution in [3.8, 4) is 11.1 Å². The number of rotatable bonds is 4. The third kappa shape index (κ3) is 2.23. The number of hydrogen-bond acceptors (Lipinski definition) is 5. The van der Waals surface area contributed by atoms with Gasteiger partial charge in [-0.25, -0.2) is 0 Å². The van der Waals surface area contributed by atoms with Gasteiger partial charge in [0.1, 0.15) is 17.6 Å². The second-order valence-corrected chi connectivity index (χ2v) is 4.51. The first-order chi connectivity index (χ1) is 10.2. The lowest BCUT2D eigenvalue weighted by atomic mass is 10.0. The molecule has 21 heavy (non-hydrogen) atoms. The second kappa shape index (κ2) is 5.28. The van der Waals surface area contributed by atoms with Crippen molar-refractivity contribution in [2.45, 2.75) is 5.92 Å². The molecular formula is C16H12O5. The smallest absolute Gasteiger partial charge is 0.323 e. The quantitative estimate of drug-likeness (QED) is 0.418. The predicted molar refractivity (Wildman–Crippen MR) is 74.7 cm³/mol. The van der Waals surface area contributed by atoms with Crippen LogP contribution in [0.25, 0.3) is 22.1 Å². The van der Waals surface area contributed by atoms with E-state index in [0.29, 0.717) is 6.29 Å². The van der Waals surface area contributed by atoms with Gasteiger partial charge >= 0.3 is 5.97 Å². The molecule has 1 aromatic carbocycles. The normalized spacial score (nSPS) is 12.2. The van der Waals surface area contributed by atoms with Gasteiger partial charge in [0.15, 0.2) is 5.92 Å². The summed E-state index contributed by atoms with van der Waals surface area (Å²) in [5, 5.41) is 0.936. The van der Waals surface area contributed by atoms with E-state index in [1.807, 2.05) is 24.3 Å². The average molecular weight is 284 g/mol. The Morgan fingerprint density at radius 2 is 2.14 bits per heavy atom. The van der Waals surface area contributed by atoms with Gasteiger partial charge in [0, 0.05) is 10.9 Å². The molecule has 5 heteroatoms. The standard InChI is InChI=1S/C16H12O5/c1-19-16(18)13(8-17)15-7-10(9-21-15)11-3-2-4-14-12(11)5-6-20-14/h2-9,13H,1H3.